The number of hydrogen-bond donors (Lipinski definition) is 0. The van der Waals surface area contributed by atoms with E-state index in [4.69, 9.17) is 11.6 Å². The average Bonchev–Trinajstić information content (AvgIpc) is 3.23. The highest BCUT2D eigenvalue weighted by Gasteiger charge is 2.19. The van der Waals surface area contributed by atoms with Crippen LogP contribution in [0.1, 0.15) is 17.0 Å². The number of carbonyl (C=O) groups excluding carboxylic acids is 1. The maximum atomic E-state index is 14.1. The molecule has 0 saturated heterocycles. The third-order valence-corrected chi connectivity index (χ3v) is 6.40. The van der Waals surface area contributed by atoms with Crippen molar-refractivity contribution in [2.75, 3.05) is 12.8 Å². The van der Waals surface area contributed by atoms with Crippen LogP contribution < -0.4 is 0 Å². The summed E-state index contributed by atoms with van der Waals surface area (Å²) in [5.74, 6) is 0.336. The fraction of sp³-hybridized carbons (Fsp3) is 0.160. The van der Waals surface area contributed by atoms with Crippen molar-refractivity contribution in [3.8, 4) is 5.69 Å². The molecule has 0 bridgehead atoms. The van der Waals surface area contributed by atoms with E-state index in [0.29, 0.717) is 22.2 Å². The molecule has 1 aromatic heterocycles. The van der Waals surface area contributed by atoms with Gasteiger partial charge in [-0.3, -0.25) is 9.36 Å². The van der Waals surface area contributed by atoms with Gasteiger partial charge >= 0.3 is 0 Å². The highest BCUT2D eigenvalue weighted by molar-refractivity contribution is 7.99. The number of halogens is 2. The topological polar surface area (TPSA) is 51.0 Å². The van der Waals surface area contributed by atoms with Crippen molar-refractivity contribution in [3.63, 3.8) is 0 Å². The zero-order chi connectivity index (χ0) is 23.2. The van der Waals surface area contributed by atoms with Gasteiger partial charge in [0.05, 0.1) is 5.75 Å². The van der Waals surface area contributed by atoms with Gasteiger partial charge in [-0.1, -0.05) is 78.0 Å². The van der Waals surface area contributed by atoms with E-state index < -0.39 is 5.82 Å². The van der Waals surface area contributed by atoms with Crippen LogP contribution in [0.25, 0.3) is 5.69 Å². The van der Waals surface area contributed by atoms with Crippen molar-refractivity contribution in [1.29, 1.82) is 0 Å². The van der Waals surface area contributed by atoms with E-state index in [1.54, 1.807) is 19.2 Å². The molecule has 0 N–H and O–H groups in total. The zero-order valence-corrected chi connectivity index (χ0v) is 19.6. The third kappa shape index (κ3) is 5.61. The third-order valence-electron chi connectivity index (χ3n) is 5.13. The Bertz CT molecular complexity index is 1210. The van der Waals surface area contributed by atoms with Crippen LogP contribution in [0.15, 0.2) is 84.0 Å². The Hall–Kier alpha value is -3.16. The van der Waals surface area contributed by atoms with Gasteiger partial charge in [0.15, 0.2) is 5.16 Å². The summed E-state index contributed by atoms with van der Waals surface area (Å²) in [6.45, 7) is 0.0928. The maximum Gasteiger partial charge on any atom is 0.233 e. The summed E-state index contributed by atoms with van der Waals surface area (Å²) in [5, 5.41) is 9.68. The molecule has 0 radical (unpaired) electrons. The fourth-order valence-corrected chi connectivity index (χ4v) is 4.50. The molecule has 0 aliphatic rings. The van der Waals surface area contributed by atoms with Gasteiger partial charge in [0, 0.05) is 36.3 Å². The SMILES string of the molecule is CN(Cc1c(F)cccc1Cl)C(=O)CSc1nnc(Cc2ccccc2)n1-c1ccccc1. The molecule has 8 heteroatoms. The van der Waals surface area contributed by atoms with Gasteiger partial charge in [-0.15, -0.1) is 10.2 Å². The molecule has 0 fully saturated rings. The van der Waals surface area contributed by atoms with E-state index in [1.165, 1.54) is 22.7 Å². The smallest absolute Gasteiger partial charge is 0.233 e. The normalized spacial score (nSPS) is 10.9. The van der Waals surface area contributed by atoms with E-state index in [-0.39, 0.29) is 18.2 Å². The Morgan fingerprint density at radius 3 is 2.39 bits per heavy atom. The summed E-state index contributed by atoms with van der Waals surface area (Å²) in [6.07, 6.45) is 0.614. The summed E-state index contributed by atoms with van der Waals surface area (Å²) >= 11 is 7.40. The lowest BCUT2D eigenvalue weighted by Gasteiger charge is -2.18. The predicted molar refractivity (Wildman–Crippen MR) is 129 cm³/mol. The second-order valence-electron chi connectivity index (χ2n) is 7.47. The van der Waals surface area contributed by atoms with E-state index in [0.717, 1.165) is 17.1 Å². The monoisotopic (exact) mass is 480 g/mol. The van der Waals surface area contributed by atoms with Crippen LogP contribution in [0.3, 0.4) is 0 Å². The quantitative estimate of drug-likeness (QED) is 0.317. The second kappa shape index (κ2) is 10.6. The first-order valence-electron chi connectivity index (χ1n) is 10.4. The molecule has 3 aromatic carbocycles. The number of amides is 1. The second-order valence-corrected chi connectivity index (χ2v) is 8.82. The summed E-state index contributed by atoms with van der Waals surface area (Å²) in [6, 6.07) is 24.4. The van der Waals surface area contributed by atoms with E-state index in [1.807, 2.05) is 65.2 Å². The first-order valence-corrected chi connectivity index (χ1v) is 11.7. The summed E-state index contributed by atoms with van der Waals surface area (Å²) in [5.41, 5.74) is 2.35. The molecule has 1 heterocycles. The van der Waals surface area contributed by atoms with Crippen molar-refractivity contribution in [2.45, 2.75) is 18.1 Å². The lowest BCUT2D eigenvalue weighted by Crippen LogP contribution is -2.28. The van der Waals surface area contributed by atoms with Crippen LogP contribution in [0, 0.1) is 5.82 Å². The number of hydrogen-bond acceptors (Lipinski definition) is 4. The molecule has 1 amide bonds. The van der Waals surface area contributed by atoms with Gasteiger partial charge in [-0.2, -0.15) is 0 Å². The molecular weight excluding hydrogens is 459 g/mol. The minimum atomic E-state index is -0.427. The van der Waals surface area contributed by atoms with Crippen molar-refractivity contribution < 1.29 is 9.18 Å². The van der Waals surface area contributed by atoms with Gasteiger partial charge in [0.25, 0.3) is 0 Å². The first kappa shape index (κ1) is 23.0. The number of rotatable bonds is 8. The minimum Gasteiger partial charge on any atom is -0.341 e. The van der Waals surface area contributed by atoms with Crippen LogP contribution in [-0.2, 0) is 17.8 Å². The maximum absolute atomic E-state index is 14.1. The molecule has 5 nitrogen and oxygen atoms in total. The highest BCUT2D eigenvalue weighted by Crippen LogP contribution is 2.25. The van der Waals surface area contributed by atoms with Gasteiger partial charge in [0.1, 0.15) is 11.6 Å². The number of thioether (sulfide) groups is 1. The first-order chi connectivity index (χ1) is 16.0. The Kier molecular flexibility index (Phi) is 7.42. The van der Waals surface area contributed by atoms with Crippen molar-refractivity contribution in [3.05, 3.63) is 107 Å². The van der Waals surface area contributed by atoms with Crippen LogP contribution in [0.5, 0.6) is 0 Å². The van der Waals surface area contributed by atoms with Gasteiger partial charge in [-0.05, 0) is 29.8 Å². The molecule has 0 aliphatic heterocycles. The average molecular weight is 481 g/mol. The molecule has 33 heavy (non-hydrogen) atoms. The summed E-state index contributed by atoms with van der Waals surface area (Å²) in [7, 11) is 1.63. The lowest BCUT2D eigenvalue weighted by atomic mass is 10.1. The Balaban J connectivity index is 1.51. The number of carbonyl (C=O) groups is 1. The number of nitrogens with zero attached hydrogens (tertiary/aromatic N) is 4. The molecule has 4 rings (SSSR count). The predicted octanol–water partition coefficient (Wildman–Crippen LogP) is 5.40. The van der Waals surface area contributed by atoms with Crippen LogP contribution in [0.2, 0.25) is 5.02 Å². The molecule has 168 valence electrons. The standard InChI is InChI=1S/C25H22ClFN4OS/c1-30(16-20-21(26)13-8-14-22(20)27)24(32)17-33-25-29-28-23(15-18-9-4-2-5-10-18)31(25)19-11-6-3-7-12-19/h2-14H,15-17H2,1H3. The Morgan fingerprint density at radius 2 is 1.70 bits per heavy atom. The molecule has 0 aliphatic carbocycles. The van der Waals surface area contributed by atoms with Crippen molar-refractivity contribution >= 4 is 29.3 Å². The molecule has 0 saturated carbocycles. The Morgan fingerprint density at radius 1 is 1.00 bits per heavy atom. The largest absolute Gasteiger partial charge is 0.341 e. The number of benzene rings is 3. The highest BCUT2D eigenvalue weighted by atomic mass is 35.5. The molecule has 0 spiro atoms. The van der Waals surface area contributed by atoms with Gasteiger partial charge in [0.2, 0.25) is 5.91 Å². The molecular formula is C25H22ClFN4OS. The van der Waals surface area contributed by atoms with E-state index >= 15 is 0 Å². The van der Waals surface area contributed by atoms with Gasteiger partial charge < -0.3 is 4.90 Å². The van der Waals surface area contributed by atoms with Gasteiger partial charge in [-0.25, -0.2) is 4.39 Å². The Labute approximate surface area is 201 Å². The molecule has 0 atom stereocenters. The number of para-hydroxylation sites is 1. The summed E-state index contributed by atoms with van der Waals surface area (Å²) < 4.78 is 16.1. The lowest BCUT2D eigenvalue weighted by molar-refractivity contribution is -0.127. The van der Waals surface area contributed by atoms with Crippen molar-refractivity contribution in [2.24, 2.45) is 0 Å². The molecule has 4 aromatic rings. The summed E-state index contributed by atoms with van der Waals surface area (Å²) in [4.78, 5) is 14.2. The van der Waals surface area contributed by atoms with E-state index in [9.17, 15) is 9.18 Å². The van der Waals surface area contributed by atoms with Crippen LogP contribution >= 0.6 is 23.4 Å². The zero-order valence-electron chi connectivity index (χ0n) is 18.0. The van der Waals surface area contributed by atoms with Crippen LogP contribution in [-0.4, -0.2) is 38.4 Å². The molecule has 0 unspecified atom stereocenters. The fourth-order valence-electron chi connectivity index (χ4n) is 3.37. The van der Waals surface area contributed by atoms with Crippen LogP contribution in [0.4, 0.5) is 4.39 Å². The van der Waals surface area contributed by atoms with E-state index in [2.05, 4.69) is 10.2 Å². The number of aromatic nitrogens is 3. The minimum absolute atomic E-state index is 0.0928. The van der Waals surface area contributed by atoms with Crippen molar-refractivity contribution in [1.82, 2.24) is 19.7 Å².